The third-order valence-corrected chi connectivity index (χ3v) is 3.94. The van der Waals surface area contributed by atoms with Crippen molar-refractivity contribution in [3.63, 3.8) is 0 Å². The van der Waals surface area contributed by atoms with Gasteiger partial charge < -0.3 is 21.7 Å². The molecule has 1 aromatic heterocycles. The van der Waals surface area contributed by atoms with Gasteiger partial charge in [-0.05, 0) is 13.3 Å². The number of nitrogen functional groups attached to an aromatic ring is 1. The van der Waals surface area contributed by atoms with E-state index in [1.54, 1.807) is 0 Å². The molecule has 0 aromatic carbocycles. The van der Waals surface area contributed by atoms with Gasteiger partial charge in [0.2, 0.25) is 0 Å². The van der Waals surface area contributed by atoms with Crippen molar-refractivity contribution < 1.29 is 9.59 Å². The number of hydrogen-bond donors (Lipinski definition) is 3. The van der Waals surface area contributed by atoms with Gasteiger partial charge >= 0.3 is 0 Å². The van der Waals surface area contributed by atoms with Gasteiger partial charge in [-0.2, -0.15) is 0 Å². The van der Waals surface area contributed by atoms with Crippen LogP contribution < -0.4 is 21.7 Å². The van der Waals surface area contributed by atoms with E-state index in [1.807, 2.05) is 25.8 Å². The highest BCUT2D eigenvalue weighted by molar-refractivity contribution is 7.19. The number of anilines is 2. The number of primary amides is 1. The van der Waals surface area contributed by atoms with Crippen LogP contribution in [0.1, 0.15) is 40.3 Å². The molecule has 1 rings (SSSR count). The largest absolute Gasteiger partial charge is 0.397 e. The fourth-order valence-electron chi connectivity index (χ4n) is 1.78. The molecule has 0 radical (unpaired) electrons. The zero-order valence-corrected chi connectivity index (χ0v) is 12.3. The summed E-state index contributed by atoms with van der Waals surface area (Å²) in [4.78, 5) is 25.7. The molecule has 1 heterocycles. The summed E-state index contributed by atoms with van der Waals surface area (Å²) in [5, 5.41) is 3.32. The summed E-state index contributed by atoms with van der Waals surface area (Å²) in [6.45, 7) is 5.11. The third kappa shape index (κ3) is 3.17. The first kappa shape index (κ1) is 15.3. The molecule has 0 spiro atoms. The molecule has 7 heteroatoms. The monoisotopic (exact) mass is 284 g/mol. The van der Waals surface area contributed by atoms with Gasteiger partial charge in [0.05, 0.1) is 11.3 Å². The molecule has 0 aliphatic carbocycles. The lowest BCUT2D eigenvalue weighted by Crippen LogP contribution is -2.23. The summed E-state index contributed by atoms with van der Waals surface area (Å²) >= 11 is 1.20. The smallest absolute Gasteiger partial charge is 0.263 e. The summed E-state index contributed by atoms with van der Waals surface area (Å²) in [5.74, 6) is -0.883. The number of amides is 2. The molecule has 5 N–H and O–H groups in total. The molecule has 6 nitrogen and oxygen atoms in total. The van der Waals surface area contributed by atoms with E-state index in [-0.39, 0.29) is 17.2 Å². The molecule has 0 bridgehead atoms. The van der Waals surface area contributed by atoms with Crippen LogP contribution >= 0.6 is 11.3 Å². The highest BCUT2D eigenvalue weighted by Crippen LogP contribution is 2.37. The lowest BCUT2D eigenvalue weighted by Gasteiger charge is -2.17. The Hall–Kier alpha value is -1.76. The second kappa shape index (κ2) is 6.42. The van der Waals surface area contributed by atoms with Crippen LogP contribution in [0.2, 0.25) is 0 Å². The topological polar surface area (TPSA) is 101 Å². The maximum absolute atomic E-state index is 11.9. The number of hydrogen-bond acceptors (Lipinski definition) is 5. The summed E-state index contributed by atoms with van der Waals surface area (Å²) in [7, 11) is 1.85. The van der Waals surface area contributed by atoms with Gasteiger partial charge in [0.25, 0.3) is 11.8 Å². The Kier molecular flexibility index (Phi) is 5.17. The molecule has 0 aliphatic heterocycles. The summed E-state index contributed by atoms with van der Waals surface area (Å²) in [6, 6.07) is 0. The van der Waals surface area contributed by atoms with Gasteiger partial charge in [-0.15, -0.1) is 11.3 Å². The number of carbonyl (C=O) groups excluding carboxylic acids is 2. The van der Waals surface area contributed by atoms with Crippen LogP contribution in [-0.4, -0.2) is 32.0 Å². The van der Waals surface area contributed by atoms with E-state index in [2.05, 4.69) is 5.32 Å². The van der Waals surface area contributed by atoms with E-state index < -0.39 is 5.91 Å². The average Bonchev–Trinajstić information content (AvgIpc) is 2.67. The third-order valence-electron chi connectivity index (χ3n) is 2.62. The molecule has 19 heavy (non-hydrogen) atoms. The highest BCUT2D eigenvalue weighted by Gasteiger charge is 2.25. The van der Waals surface area contributed by atoms with Crippen LogP contribution in [0.4, 0.5) is 10.7 Å². The molecule has 0 unspecified atom stereocenters. The number of carbonyl (C=O) groups is 2. The molecule has 0 saturated heterocycles. The molecule has 2 amide bonds. The Morgan fingerprint density at radius 2 is 2.00 bits per heavy atom. The van der Waals surface area contributed by atoms with Crippen molar-refractivity contribution in [2.75, 3.05) is 30.8 Å². The van der Waals surface area contributed by atoms with Gasteiger partial charge in [-0.1, -0.05) is 6.92 Å². The van der Waals surface area contributed by atoms with Crippen molar-refractivity contribution >= 4 is 33.8 Å². The van der Waals surface area contributed by atoms with Crippen LogP contribution in [-0.2, 0) is 0 Å². The van der Waals surface area contributed by atoms with Crippen molar-refractivity contribution in [3.05, 3.63) is 10.4 Å². The molecule has 0 saturated carbocycles. The normalized spacial score (nSPS) is 10.3. The second-order valence-electron chi connectivity index (χ2n) is 4.17. The van der Waals surface area contributed by atoms with Crippen LogP contribution in [0.5, 0.6) is 0 Å². The van der Waals surface area contributed by atoms with Crippen LogP contribution in [0.3, 0.4) is 0 Å². The van der Waals surface area contributed by atoms with Crippen LogP contribution in [0, 0.1) is 0 Å². The van der Waals surface area contributed by atoms with E-state index in [0.29, 0.717) is 16.4 Å². The summed E-state index contributed by atoms with van der Waals surface area (Å²) in [5.41, 5.74) is 11.7. The molecule has 0 aliphatic rings. The molecule has 0 fully saturated rings. The van der Waals surface area contributed by atoms with Crippen molar-refractivity contribution in [3.8, 4) is 0 Å². The maximum atomic E-state index is 11.9. The Morgan fingerprint density at radius 1 is 1.37 bits per heavy atom. The highest BCUT2D eigenvalue weighted by atomic mass is 32.1. The van der Waals surface area contributed by atoms with E-state index in [4.69, 9.17) is 11.5 Å². The van der Waals surface area contributed by atoms with Crippen molar-refractivity contribution in [1.82, 2.24) is 5.32 Å². The number of nitrogens with one attached hydrogen (secondary N) is 1. The quantitative estimate of drug-likeness (QED) is 0.726. The molecular weight excluding hydrogens is 264 g/mol. The van der Waals surface area contributed by atoms with Gasteiger partial charge in [-0.25, -0.2) is 0 Å². The zero-order valence-electron chi connectivity index (χ0n) is 11.4. The molecular formula is C12H20N4O2S. The molecule has 1 aromatic rings. The van der Waals surface area contributed by atoms with Gasteiger partial charge in [0, 0.05) is 20.1 Å². The number of nitrogens with zero attached hydrogens (tertiary/aromatic N) is 1. The number of rotatable bonds is 6. The van der Waals surface area contributed by atoms with Crippen molar-refractivity contribution in [2.45, 2.75) is 20.3 Å². The summed E-state index contributed by atoms with van der Waals surface area (Å²) in [6.07, 6.45) is 0.920. The first-order chi connectivity index (χ1) is 8.93. The lowest BCUT2D eigenvalue weighted by molar-refractivity contribution is 0.0960. The standard InChI is InChI=1S/C12H20N4O2S/c1-4-6-16(3)12-7(10(14)17)8(13)9(19-12)11(18)15-5-2/h4-6,13H2,1-3H3,(H2,14,17)(H,15,18). The minimum atomic E-state index is -0.609. The van der Waals surface area contributed by atoms with Gasteiger partial charge in [-0.3, -0.25) is 9.59 Å². The molecule has 0 atom stereocenters. The van der Waals surface area contributed by atoms with Crippen molar-refractivity contribution in [2.24, 2.45) is 5.73 Å². The first-order valence-electron chi connectivity index (χ1n) is 6.15. The van der Waals surface area contributed by atoms with E-state index in [0.717, 1.165) is 13.0 Å². The fraction of sp³-hybridized carbons (Fsp3) is 0.500. The summed E-state index contributed by atoms with van der Waals surface area (Å²) < 4.78 is 0. The second-order valence-corrected chi connectivity index (χ2v) is 5.17. The van der Waals surface area contributed by atoms with Crippen LogP contribution in [0.25, 0.3) is 0 Å². The van der Waals surface area contributed by atoms with Crippen LogP contribution in [0.15, 0.2) is 0 Å². The van der Waals surface area contributed by atoms with E-state index in [1.165, 1.54) is 11.3 Å². The zero-order chi connectivity index (χ0) is 14.6. The maximum Gasteiger partial charge on any atom is 0.263 e. The molecule has 106 valence electrons. The SMILES string of the molecule is CCCN(C)c1sc(C(=O)NCC)c(N)c1C(N)=O. The van der Waals surface area contributed by atoms with Gasteiger partial charge in [0.15, 0.2) is 0 Å². The Labute approximate surface area is 116 Å². The van der Waals surface area contributed by atoms with Crippen molar-refractivity contribution in [1.29, 1.82) is 0 Å². The fourth-order valence-corrected chi connectivity index (χ4v) is 2.91. The first-order valence-corrected chi connectivity index (χ1v) is 6.97. The Balaban J connectivity index is 3.27. The van der Waals surface area contributed by atoms with E-state index in [9.17, 15) is 9.59 Å². The number of nitrogens with two attached hydrogens (primary N) is 2. The van der Waals surface area contributed by atoms with E-state index >= 15 is 0 Å². The Morgan fingerprint density at radius 3 is 2.47 bits per heavy atom. The lowest BCUT2D eigenvalue weighted by atomic mass is 10.2. The number of thiophene rings is 1. The Bertz CT molecular complexity index is 484. The average molecular weight is 284 g/mol. The minimum absolute atomic E-state index is 0.168. The minimum Gasteiger partial charge on any atom is -0.397 e. The predicted molar refractivity (Wildman–Crippen MR) is 78.8 cm³/mol. The van der Waals surface area contributed by atoms with Gasteiger partial charge in [0.1, 0.15) is 9.88 Å². The predicted octanol–water partition coefficient (Wildman–Crippen LogP) is 1.03.